The van der Waals surface area contributed by atoms with Gasteiger partial charge in [-0.25, -0.2) is 0 Å². The van der Waals surface area contributed by atoms with Gasteiger partial charge >= 0.3 is 0 Å². The van der Waals surface area contributed by atoms with E-state index in [0.29, 0.717) is 39.4 Å². The second-order valence-corrected chi connectivity index (χ2v) is 15.7. The van der Waals surface area contributed by atoms with Crippen molar-refractivity contribution in [2.75, 3.05) is 26.2 Å². The van der Waals surface area contributed by atoms with Gasteiger partial charge in [0.15, 0.2) is 23.1 Å². The molecular formula is C51H43NO8. The van der Waals surface area contributed by atoms with E-state index in [0.717, 1.165) is 16.7 Å². The number of carbonyl (C=O) groups excluding carboxylic acids is 4. The van der Waals surface area contributed by atoms with Crippen LogP contribution in [0.2, 0.25) is 0 Å². The van der Waals surface area contributed by atoms with E-state index in [4.69, 9.17) is 14.2 Å². The Hall–Kier alpha value is -7.00. The molecule has 5 aromatic carbocycles. The molecule has 2 amide bonds. The largest absolute Gasteiger partial charge is 0.504 e. The summed E-state index contributed by atoms with van der Waals surface area (Å²) in [6.07, 6.45) is 7.69. The van der Waals surface area contributed by atoms with Gasteiger partial charge < -0.3 is 19.3 Å². The summed E-state index contributed by atoms with van der Waals surface area (Å²) < 4.78 is 16.5. The zero-order chi connectivity index (χ0) is 41.7. The number of fused-ring (bicyclic) bond motifs is 4. The lowest BCUT2D eigenvalue weighted by molar-refractivity contribution is -0.135. The number of para-hydroxylation sites is 1. The van der Waals surface area contributed by atoms with Crippen molar-refractivity contribution >= 4 is 46.8 Å². The van der Waals surface area contributed by atoms with Crippen molar-refractivity contribution in [1.29, 1.82) is 0 Å². The lowest BCUT2D eigenvalue weighted by atomic mass is 9.44. The van der Waals surface area contributed by atoms with Crippen LogP contribution < -0.4 is 19.1 Å². The molecule has 4 aliphatic rings. The molecule has 1 aliphatic heterocycles. The van der Waals surface area contributed by atoms with Gasteiger partial charge in [0, 0.05) is 28.5 Å². The number of nitrogens with zero attached hydrogens (tertiary/aromatic N) is 1. The number of ketones is 2. The number of aromatic hydroxyl groups is 1. The third-order valence-electron chi connectivity index (χ3n) is 13.0. The molecule has 6 atom stereocenters. The predicted octanol–water partition coefficient (Wildman–Crippen LogP) is 8.62. The SMILES string of the molecule is COc1ccc(OC)c(C=Cc2ccc(N3C(=O)C4CC=C5C(CC6C(=O)C(c7ccccc7)=CC(=O)C6(c6ccccc6)C5c5cccc(OC)c5O)C4C3=O)cc2)c1. The van der Waals surface area contributed by atoms with Gasteiger partial charge in [-0.1, -0.05) is 109 Å². The fraction of sp³-hybridized carbons (Fsp3) is 0.216. The maximum Gasteiger partial charge on any atom is 0.238 e. The number of Topliss-reactive ketones (excluding diaryl/α,β-unsaturated/α-hetero) is 1. The van der Waals surface area contributed by atoms with Gasteiger partial charge in [-0.15, -0.1) is 0 Å². The molecule has 0 radical (unpaired) electrons. The Morgan fingerprint density at radius 3 is 2.13 bits per heavy atom. The highest BCUT2D eigenvalue weighted by atomic mass is 16.5. The number of allylic oxidation sites excluding steroid dienone is 4. The Morgan fingerprint density at radius 2 is 1.43 bits per heavy atom. The third-order valence-corrected chi connectivity index (χ3v) is 13.0. The van der Waals surface area contributed by atoms with E-state index in [-0.39, 0.29) is 47.7 Å². The van der Waals surface area contributed by atoms with Crippen LogP contribution >= 0.6 is 0 Å². The Labute approximate surface area is 348 Å². The van der Waals surface area contributed by atoms with E-state index < -0.39 is 35.0 Å². The van der Waals surface area contributed by atoms with Crippen LogP contribution in [0.5, 0.6) is 23.0 Å². The molecule has 9 rings (SSSR count). The second kappa shape index (κ2) is 15.3. The average molecular weight is 798 g/mol. The Kier molecular flexibility index (Phi) is 9.83. The minimum Gasteiger partial charge on any atom is -0.504 e. The topological polar surface area (TPSA) is 119 Å². The fourth-order valence-corrected chi connectivity index (χ4v) is 10.3. The average Bonchev–Trinajstić information content (AvgIpc) is 3.55. The summed E-state index contributed by atoms with van der Waals surface area (Å²) in [5.74, 6) is -3.54. The minimum atomic E-state index is -1.47. The van der Waals surface area contributed by atoms with E-state index >= 15 is 9.59 Å². The van der Waals surface area contributed by atoms with Crippen LogP contribution in [0, 0.1) is 23.7 Å². The first kappa shape index (κ1) is 38.5. The van der Waals surface area contributed by atoms with Gasteiger partial charge in [0.2, 0.25) is 11.8 Å². The molecule has 1 saturated heterocycles. The molecule has 6 unspecified atom stereocenters. The lowest BCUT2D eigenvalue weighted by Crippen LogP contribution is -2.58. The van der Waals surface area contributed by atoms with Gasteiger partial charge in [-0.2, -0.15) is 0 Å². The van der Waals surface area contributed by atoms with Crippen molar-refractivity contribution in [3.8, 4) is 23.0 Å². The molecule has 2 fully saturated rings. The summed E-state index contributed by atoms with van der Waals surface area (Å²) in [5.41, 5.74) is 3.39. The molecule has 5 aromatic rings. The number of carbonyl (C=O) groups is 4. The van der Waals surface area contributed by atoms with E-state index in [2.05, 4.69) is 0 Å². The maximum absolute atomic E-state index is 15.3. The van der Waals surface area contributed by atoms with Gasteiger partial charge in [0.05, 0.1) is 44.3 Å². The van der Waals surface area contributed by atoms with Gasteiger partial charge in [0.1, 0.15) is 11.5 Å². The zero-order valence-electron chi connectivity index (χ0n) is 33.4. The summed E-state index contributed by atoms with van der Waals surface area (Å²) in [5, 5.41) is 11.9. The van der Waals surface area contributed by atoms with E-state index in [1.54, 1.807) is 44.6 Å². The molecule has 0 aromatic heterocycles. The molecule has 9 heteroatoms. The highest BCUT2D eigenvalue weighted by molar-refractivity contribution is 6.32. The van der Waals surface area contributed by atoms with Crippen molar-refractivity contribution in [2.45, 2.75) is 24.2 Å². The summed E-state index contributed by atoms with van der Waals surface area (Å²) in [6, 6.07) is 36.4. The fourth-order valence-electron chi connectivity index (χ4n) is 10.3. The molecule has 60 heavy (non-hydrogen) atoms. The second-order valence-electron chi connectivity index (χ2n) is 15.7. The number of anilines is 1. The van der Waals surface area contributed by atoms with Crippen LogP contribution in [-0.4, -0.2) is 49.8 Å². The quantitative estimate of drug-likeness (QED) is 0.0895. The van der Waals surface area contributed by atoms with E-state index in [1.165, 1.54) is 18.1 Å². The molecular weight excluding hydrogens is 755 g/mol. The van der Waals surface area contributed by atoms with Crippen LogP contribution in [0.3, 0.4) is 0 Å². The smallest absolute Gasteiger partial charge is 0.238 e. The number of hydrogen-bond acceptors (Lipinski definition) is 8. The number of methoxy groups -OCH3 is 3. The maximum atomic E-state index is 15.3. The molecule has 1 heterocycles. The van der Waals surface area contributed by atoms with Crippen LogP contribution in [-0.2, 0) is 24.6 Å². The van der Waals surface area contributed by atoms with Crippen LogP contribution in [0.25, 0.3) is 17.7 Å². The number of hydrogen-bond donors (Lipinski definition) is 1. The Morgan fingerprint density at radius 1 is 0.717 bits per heavy atom. The summed E-state index contributed by atoms with van der Waals surface area (Å²) in [6.45, 7) is 0. The van der Waals surface area contributed by atoms with E-state index in [9.17, 15) is 14.7 Å². The summed E-state index contributed by atoms with van der Waals surface area (Å²) >= 11 is 0. The first-order valence-electron chi connectivity index (χ1n) is 20.1. The summed E-state index contributed by atoms with van der Waals surface area (Å²) in [7, 11) is 4.67. The first-order chi connectivity index (χ1) is 29.2. The molecule has 9 nitrogen and oxygen atoms in total. The monoisotopic (exact) mass is 797 g/mol. The van der Waals surface area contributed by atoms with E-state index in [1.807, 2.05) is 109 Å². The molecule has 3 aliphatic carbocycles. The standard InChI is InChI=1S/C51H43NO8/c1-58-35-23-26-42(59-2)32(27-35)20-17-30-18-21-34(22-19-30)52-49(56)37-25-24-36-40(45(37)50(52)57)28-41-47(54)39(31-11-6-4-7-12-31)29-44(53)51(41,33-13-8-5-9-14-33)46(36)38-15-10-16-43(60-3)48(38)55/h4-24,26-27,29,37,40-41,45-46,55H,25,28H2,1-3H3. The number of benzene rings is 5. The Bertz CT molecular complexity index is 2630. The zero-order valence-corrected chi connectivity index (χ0v) is 33.4. The van der Waals surface area contributed by atoms with Crippen LogP contribution in [0.15, 0.2) is 139 Å². The number of imide groups is 1. The van der Waals surface area contributed by atoms with Crippen molar-refractivity contribution in [1.82, 2.24) is 0 Å². The number of phenols is 1. The van der Waals surface area contributed by atoms with Crippen molar-refractivity contribution in [2.24, 2.45) is 23.7 Å². The van der Waals surface area contributed by atoms with Crippen molar-refractivity contribution < 1.29 is 38.5 Å². The molecule has 0 bridgehead atoms. The van der Waals surface area contributed by atoms with Crippen molar-refractivity contribution in [3.63, 3.8) is 0 Å². The predicted molar refractivity (Wildman–Crippen MR) is 229 cm³/mol. The third kappa shape index (κ3) is 5.98. The minimum absolute atomic E-state index is 0.143. The van der Waals surface area contributed by atoms with Crippen molar-refractivity contribution in [3.05, 3.63) is 167 Å². The highest BCUT2D eigenvalue weighted by Crippen LogP contribution is 2.65. The van der Waals surface area contributed by atoms with Crippen LogP contribution in [0.1, 0.15) is 46.6 Å². The first-order valence-corrected chi connectivity index (χ1v) is 20.1. The van der Waals surface area contributed by atoms with Gasteiger partial charge in [0.25, 0.3) is 0 Å². The van der Waals surface area contributed by atoms with Gasteiger partial charge in [-0.05, 0) is 77.9 Å². The molecule has 1 saturated carbocycles. The number of rotatable bonds is 9. The van der Waals surface area contributed by atoms with Gasteiger partial charge in [-0.3, -0.25) is 24.1 Å². The normalized spacial score (nSPS) is 24.6. The Balaban J connectivity index is 1.14. The molecule has 0 spiro atoms. The number of ether oxygens (including phenoxy) is 3. The molecule has 300 valence electrons. The number of phenolic OH excluding ortho intramolecular Hbond substituents is 1. The highest BCUT2D eigenvalue weighted by Gasteiger charge is 2.66. The summed E-state index contributed by atoms with van der Waals surface area (Å²) in [4.78, 5) is 61.1. The lowest BCUT2D eigenvalue weighted by Gasteiger charge is -2.55. The molecule has 1 N–H and O–H groups in total. The van der Waals surface area contributed by atoms with Crippen LogP contribution in [0.4, 0.5) is 5.69 Å². The number of amides is 2.